The lowest BCUT2D eigenvalue weighted by molar-refractivity contribution is -0.117. The molecule has 100 valence electrons. The Bertz CT molecular complexity index is 375. The first-order valence-corrected chi connectivity index (χ1v) is 5.83. The van der Waals surface area contributed by atoms with Crippen LogP contribution >= 0.6 is 0 Å². The third-order valence-corrected chi connectivity index (χ3v) is 2.35. The maximum atomic E-state index is 11.7. The van der Waals surface area contributed by atoms with Crippen molar-refractivity contribution in [3.63, 3.8) is 0 Å². The van der Waals surface area contributed by atoms with E-state index in [-0.39, 0.29) is 12.5 Å². The first kappa shape index (κ1) is 14.5. The topological polar surface area (TPSA) is 78.4 Å². The summed E-state index contributed by atoms with van der Waals surface area (Å²) < 4.78 is 0. The summed E-state index contributed by atoms with van der Waals surface area (Å²) in [7, 11) is 1.84. The monoisotopic (exact) mass is 252 g/mol. The van der Waals surface area contributed by atoms with Crippen LogP contribution in [0.15, 0.2) is 18.6 Å². The Hall–Kier alpha value is -1.53. The fraction of sp³-hybridized carbons (Fsp3) is 0.583. The summed E-state index contributed by atoms with van der Waals surface area (Å²) in [6.07, 6.45) is 5.18. The van der Waals surface area contributed by atoms with Gasteiger partial charge in [0.2, 0.25) is 5.91 Å². The second kappa shape index (κ2) is 6.42. The van der Waals surface area contributed by atoms with Gasteiger partial charge >= 0.3 is 0 Å². The van der Waals surface area contributed by atoms with E-state index >= 15 is 0 Å². The van der Waals surface area contributed by atoms with Gasteiger partial charge in [0.1, 0.15) is 0 Å². The van der Waals surface area contributed by atoms with Gasteiger partial charge in [-0.1, -0.05) is 0 Å². The lowest BCUT2D eigenvalue weighted by Gasteiger charge is -2.22. The molecule has 0 aliphatic heterocycles. The van der Waals surface area contributed by atoms with E-state index in [1.54, 1.807) is 20.0 Å². The first-order valence-electron chi connectivity index (χ1n) is 5.83. The normalized spacial score (nSPS) is 11.6. The number of carbonyl (C=O) groups is 1. The molecule has 1 aromatic rings. The van der Waals surface area contributed by atoms with Crippen LogP contribution in [0.2, 0.25) is 0 Å². The number of aliphatic hydroxyl groups is 1. The van der Waals surface area contributed by atoms with Crippen LogP contribution in [0.3, 0.4) is 0 Å². The van der Waals surface area contributed by atoms with Crippen LogP contribution in [0.1, 0.15) is 20.3 Å². The highest BCUT2D eigenvalue weighted by Gasteiger charge is 2.14. The Morgan fingerprint density at radius 3 is 2.78 bits per heavy atom. The Balaban J connectivity index is 2.32. The molecule has 0 fully saturated rings. The molecular formula is C12H20N4O2. The predicted molar refractivity (Wildman–Crippen MR) is 69.1 cm³/mol. The van der Waals surface area contributed by atoms with Gasteiger partial charge in [-0.25, -0.2) is 4.98 Å². The van der Waals surface area contributed by atoms with Crippen molar-refractivity contribution in [3.05, 3.63) is 18.6 Å². The van der Waals surface area contributed by atoms with Crippen molar-refractivity contribution in [2.75, 3.05) is 25.5 Å². The summed E-state index contributed by atoms with van der Waals surface area (Å²) in [5.41, 5.74) is -0.713. The summed E-state index contributed by atoms with van der Waals surface area (Å²) in [5, 5.41) is 12.2. The summed E-state index contributed by atoms with van der Waals surface area (Å²) in [6.45, 7) is 4.41. The molecule has 0 unspecified atom stereocenters. The van der Waals surface area contributed by atoms with Gasteiger partial charge in [0.25, 0.3) is 0 Å². The summed E-state index contributed by atoms with van der Waals surface area (Å²) in [6, 6.07) is 0. The van der Waals surface area contributed by atoms with Crippen molar-refractivity contribution < 1.29 is 9.90 Å². The number of rotatable bonds is 6. The van der Waals surface area contributed by atoms with Gasteiger partial charge in [0.05, 0.1) is 18.3 Å². The van der Waals surface area contributed by atoms with Crippen molar-refractivity contribution in [1.29, 1.82) is 0 Å². The quantitative estimate of drug-likeness (QED) is 0.771. The van der Waals surface area contributed by atoms with Gasteiger partial charge in [-0.3, -0.25) is 14.7 Å². The molecule has 1 rings (SSSR count). The average Bonchev–Trinajstić information content (AvgIpc) is 2.26. The molecule has 0 saturated heterocycles. The van der Waals surface area contributed by atoms with Crippen LogP contribution in [-0.4, -0.2) is 51.6 Å². The molecule has 0 atom stereocenters. The van der Waals surface area contributed by atoms with E-state index in [1.807, 2.05) is 11.9 Å². The van der Waals surface area contributed by atoms with E-state index in [9.17, 15) is 9.90 Å². The molecule has 2 N–H and O–H groups in total. The molecule has 1 heterocycles. The molecule has 18 heavy (non-hydrogen) atoms. The molecule has 0 aliphatic carbocycles. The zero-order valence-electron chi connectivity index (χ0n) is 11.1. The van der Waals surface area contributed by atoms with Crippen LogP contribution in [-0.2, 0) is 4.79 Å². The van der Waals surface area contributed by atoms with Gasteiger partial charge in [0, 0.05) is 18.9 Å². The Morgan fingerprint density at radius 2 is 2.22 bits per heavy atom. The van der Waals surface area contributed by atoms with E-state index in [0.717, 1.165) is 0 Å². The molecule has 0 radical (unpaired) electrons. The third kappa shape index (κ3) is 6.27. The number of anilines is 1. The van der Waals surface area contributed by atoms with E-state index in [4.69, 9.17) is 0 Å². The number of hydrogen-bond acceptors (Lipinski definition) is 5. The average molecular weight is 252 g/mol. The van der Waals surface area contributed by atoms with Crippen molar-refractivity contribution >= 4 is 11.7 Å². The van der Waals surface area contributed by atoms with Crippen molar-refractivity contribution in [2.24, 2.45) is 0 Å². The minimum absolute atomic E-state index is 0.145. The fourth-order valence-corrected chi connectivity index (χ4v) is 1.33. The number of carbonyl (C=O) groups excluding carboxylic acids is 1. The second-order valence-electron chi connectivity index (χ2n) is 4.94. The van der Waals surface area contributed by atoms with Crippen LogP contribution in [0, 0.1) is 0 Å². The lowest BCUT2D eigenvalue weighted by Crippen LogP contribution is -2.34. The molecule has 1 amide bonds. The molecule has 0 saturated carbocycles. The first-order chi connectivity index (χ1) is 8.37. The van der Waals surface area contributed by atoms with Crippen LogP contribution in [0.25, 0.3) is 0 Å². The number of hydrogen-bond donors (Lipinski definition) is 2. The Labute approximate surface area is 107 Å². The highest BCUT2D eigenvalue weighted by Crippen LogP contribution is 2.07. The lowest BCUT2D eigenvalue weighted by atomic mass is 10.1. The molecule has 6 nitrogen and oxygen atoms in total. The smallest absolute Gasteiger partial charge is 0.239 e. The predicted octanol–water partition coefficient (Wildman–Crippen LogP) is 0.508. The minimum Gasteiger partial charge on any atom is -0.390 e. The molecule has 0 aliphatic rings. The highest BCUT2D eigenvalue weighted by molar-refractivity contribution is 5.91. The van der Waals surface area contributed by atoms with E-state index < -0.39 is 5.60 Å². The standard InChI is InChI=1S/C12H20N4O2/c1-12(2,18)4-7-16(3)9-11(17)15-10-8-13-5-6-14-10/h5-6,8,18H,4,7,9H2,1-3H3,(H,14,15,17). The Kier molecular flexibility index (Phi) is 5.18. The number of nitrogens with zero attached hydrogens (tertiary/aromatic N) is 3. The maximum absolute atomic E-state index is 11.7. The maximum Gasteiger partial charge on any atom is 0.239 e. The molecule has 0 bridgehead atoms. The number of likely N-dealkylation sites (N-methyl/N-ethyl adjacent to an activating group) is 1. The summed E-state index contributed by atoms with van der Waals surface area (Å²) in [5.74, 6) is 0.298. The number of aromatic nitrogens is 2. The number of amides is 1. The van der Waals surface area contributed by atoms with Gasteiger partial charge in [-0.05, 0) is 27.3 Å². The van der Waals surface area contributed by atoms with Crippen molar-refractivity contribution in [1.82, 2.24) is 14.9 Å². The second-order valence-corrected chi connectivity index (χ2v) is 4.94. The molecule has 0 aromatic carbocycles. The molecular weight excluding hydrogens is 232 g/mol. The molecule has 0 spiro atoms. The third-order valence-electron chi connectivity index (χ3n) is 2.35. The van der Waals surface area contributed by atoms with Crippen LogP contribution in [0.5, 0.6) is 0 Å². The van der Waals surface area contributed by atoms with Gasteiger partial charge in [-0.2, -0.15) is 0 Å². The van der Waals surface area contributed by atoms with Gasteiger partial charge in [-0.15, -0.1) is 0 Å². The van der Waals surface area contributed by atoms with Crippen LogP contribution < -0.4 is 5.32 Å². The summed E-state index contributed by atoms with van der Waals surface area (Å²) in [4.78, 5) is 21.3. The molecule has 6 heteroatoms. The fourth-order valence-electron chi connectivity index (χ4n) is 1.33. The van der Waals surface area contributed by atoms with Gasteiger partial charge < -0.3 is 10.4 Å². The SMILES string of the molecule is CN(CCC(C)(C)O)CC(=O)Nc1cnccn1. The van der Waals surface area contributed by atoms with E-state index in [0.29, 0.717) is 18.8 Å². The Morgan fingerprint density at radius 1 is 1.50 bits per heavy atom. The highest BCUT2D eigenvalue weighted by atomic mass is 16.3. The van der Waals surface area contributed by atoms with E-state index in [1.165, 1.54) is 12.4 Å². The van der Waals surface area contributed by atoms with Gasteiger partial charge in [0.15, 0.2) is 5.82 Å². The largest absolute Gasteiger partial charge is 0.390 e. The minimum atomic E-state index is -0.713. The number of nitrogens with one attached hydrogen (secondary N) is 1. The van der Waals surface area contributed by atoms with Crippen molar-refractivity contribution in [2.45, 2.75) is 25.9 Å². The van der Waals surface area contributed by atoms with Crippen molar-refractivity contribution in [3.8, 4) is 0 Å². The zero-order valence-corrected chi connectivity index (χ0v) is 11.1. The van der Waals surface area contributed by atoms with Crippen LogP contribution in [0.4, 0.5) is 5.82 Å². The molecule has 1 aromatic heterocycles. The van der Waals surface area contributed by atoms with E-state index in [2.05, 4.69) is 15.3 Å². The zero-order chi connectivity index (χ0) is 13.6. The summed E-state index contributed by atoms with van der Waals surface area (Å²) >= 11 is 0.